The number of hydrogen-bond acceptors (Lipinski definition) is 3. The van der Waals surface area contributed by atoms with Gasteiger partial charge in [-0.1, -0.05) is 36.2 Å². The average Bonchev–Trinajstić information content (AvgIpc) is 2.60. The van der Waals surface area contributed by atoms with Gasteiger partial charge in [-0.3, -0.25) is 0 Å². The second kappa shape index (κ2) is 9.32. The van der Waals surface area contributed by atoms with E-state index in [2.05, 4.69) is 42.0 Å². The van der Waals surface area contributed by atoms with Gasteiger partial charge in [0.25, 0.3) is 0 Å². The minimum absolute atomic E-state index is 0.0791. The maximum absolute atomic E-state index is 6.22. The molecule has 26 heavy (non-hydrogen) atoms. The second-order valence-electron chi connectivity index (χ2n) is 6.69. The van der Waals surface area contributed by atoms with Crippen LogP contribution in [0.4, 0.5) is 0 Å². The Hall–Kier alpha value is -0.940. The number of methoxy groups -OCH3 is 1. The number of benzene rings is 2. The van der Waals surface area contributed by atoms with Crippen molar-refractivity contribution in [3.63, 3.8) is 0 Å². The Morgan fingerprint density at radius 3 is 2.38 bits per heavy atom. The number of rotatable bonds is 8. The molecule has 0 bridgehead atoms. The van der Waals surface area contributed by atoms with Crippen LogP contribution in [0.3, 0.4) is 0 Å². The van der Waals surface area contributed by atoms with E-state index in [0.29, 0.717) is 21.5 Å². The topological polar surface area (TPSA) is 30.5 Å². The third-order valence-electron chi connectivity index (χ3n) is 4.37. The van der Waals surface area contributed by atoms with E-state index in [4.69, 9.17) is 32.7 Å². The minimum Gasteiger partial charge on any atom is -0.493 e. The van der Waals surface area contributed by atoms with E-state index < -0.39 is 0 Å². The van der Waals surface area contributed by atoms with Gasteiger partial charge in [-0.15, -0.1) is 0 Å². The maximum Gasteiger partial charge on any atom is 0.175 e. The Balaban J connectivity index is 2.19. The third-order valence-corrected chi connectivity index (χ3v) is 5.66. The Bertz CT molecular complexity index is 745. The molecule has 0 saturated carbocycles. The van der Waals surface area contributed by atoms with Crippen molar-refractivity contribution in [1.29, 1.82) is 0 Å². The van der Waals surface area contributed by atoms with E-state index in [1.165, 1.54) is 0 Å². The van der Waals surface area contributed by atoms with Crippen LogP contribution in [-0.4, -0.2) is 12.6 Å². The molecule has 0 amide bonds. The maximum atomic E-state index is 6.22. The van der Waals surface area contributed by atoms with Crippen molar-refractivity contribution in [3.8, 4) is 11.5 Å². The van der Waals surface area contributed by atoms with Gasteiger partial charge in [0.15, 0.2) is 11.5 Å². The summed E-state index contributed by atoms with van der Waals surface area (Å²) in [5.41, 5.74) is 1.94. The molecule has 2 rings (SSSR count). The third kappa shape index (κ3) is 5.53. The van der Waals surface area contributed by atoms with Crippen LogP contribution >= 0.6 is 39.1 Å². The fraction of sp³-hybridized carbons (Fsp3) is 0.400. The van der Waals surface area contributed by atoms with Gasteiger partial charge in [-0.25, -0.2) is 0 Å². The molecule has 3 nitrogen and oxygen atoms in total. The zero-order valence-corrected chi connectivity index (χ0v) is 18.6. The summed E-state index contributed by atoms with van der Waals surface area (Å²) in [7, 11) is 1.63. The molecule has 0 spiro atoms. The largest absolute Gasteiger partial charge is 0.493 e. The van der Waals surface area contributed by atoms with E-state index in [1.54, 1.807) is 19.2 Å². The van der Waals surface area contributed by atoms with Crippen LogP contribution in [0.2, 0.25) is 10.0 Å². The summed E-state index contributed by atoms with van der Waals surface area (Å²) in [4.78, 5) is 0. The average molecular weight is 461 g/mol. The molecule has 2 aromatic rings. The van der Waals surface area contributed by atoms with Gasteiger partial charge in [-0.05, 0) is 66.0 Å². The molecule has 142 valence electrons. The lowest BCUT2D eigenvalue weighted by Crippen LogP contribution is -2.37. The van der Waals surface area contributed by atoms with E-state index in [1.807, 2.05) is 18.2 Å². The summed E-state index contributed by atoms with van der Waals surface area (Å²) in [6, 6.07) is 9.41. The van der Waals surface area contributed by atoms with Crippen molar-refractivity contribution in [2.24, 2.45) is 0 Å². The summed E-state index contributed by atoms with van der Waals surface area (Å²) in [5, 5.41) is 4.70. The molecule has 1 N–H and O–H groups in total. The van der Waals surface area contributed by atoms with Gasteiger partial charge >= 0.3 is 0 Å². The van der Waals surface area contributed by atoms with E-state index >= 15 is 0 Å². The first-order valence-electron chi connectivity index (χ1n) is 8.44. The Labute approximate surface area is 174 Å². The number of halogens is 3. The van der Waals surface area contributed by atoms with Gasteiger partial charge in [-0.2, -0.15) is 0 Å². The Morgan fingerprint density at radius 1 is 1.15 bits per heavy atom. The van der Waals surface area contributed by atoms with Gasteiger partial charge in [0.05, 0.1) is 11.6 Å². The van der Waals surface area contributed by atoms with Crippen LogP contribution in [0, 0.1) is 0 Å². The van der Waals surface area contributed by atoms with Gasteiger partial charge in [0, 0.05) is 27.7 Å². The molecule has 0 radical (unpaired) electrons. The van der Waals surface area contributed by atoms with Crippen LogP contribution in [0.15, 0.2) is 34.8 Å². The molecule has 0 fully saturated rings. The fourth-order valence-electron chi connectivity index (χ4n) is 2.30. The molecule has 0 unspecified atom stereocenters. The van der Waals surface area contributed by atoms with Crippen LogP contribution in [0.5, 0.6) is 11.5 Å². The minimum atomic E-state index is 0.0791. The van der Waals surface area contributed by atoms with Crippen molar-refractivity contribution in [3.05, 3.63) is 56.0 Å². The summed E-state index contributed by atoms with van der Waals surface area (Å²) in [6.07, 6.45) is 1.05. The quantitative estimate of drug-likeness (QED) is 0.479. The predicted octanol–water partition coefficient (Wildman–Crippen LogP) is 6.62. The van der Waals surface area contributed by atoms with Crippen molar-refractivity contribution in [2.75, 3.05) is 7.11 Å². The van der Waals surface area contributed by atoms with Crippen molar-refractivity contribution < 1.29 is 9.47 Å². The monoisotopic (exact) mass is 459 g/mol. The fourth-order valence-corrected chi connectivity index (χ4v) is 3.41. The molecule has 0 atom stereocenters. The second-order valence-corrected chi connectivity index (χ2v) is 8.36. The molecule has 0 aliphatic carbocycles. The highest BCUT2D eigenvalue weighted by molar-refractivity contribution is 9.10. The van der Waals surface area contributed by atoms with Crippen molar-refractivity contribution >= 4 is 39.1 Å². The molecule has 0 aliphatic rings. The molecule has 0 aromatic heterocycles. The lowest BCUT2D eigenvalue weighted by atomic mass is 10.0. The highest BCUT2D eigenvalue weighted by atomic mass is 79.9. The molecular weight excluding hydrogens is 437 g/mol. The zero-order valence-electron chi connectivity index (χ0n) is 15.5. The van der Waals surface area contributed by atoms with Gasteiger partial charge in [0.2, 0.25) is 0 Å². The molecular formula is C20H24BrCl2NO2. The summed E-state index contributed by atoms with van der Waals surface area (Å²) < 4.78 is 12.3. The normalized spacial score (nSPS) is 11.5. The lowest BCUT2D eigenvalue weighted by Gasteiger charge is -2.25. The highest BCUT2D eigenvalue weighted by Crippen LogP contribution is 2.38. The number of nitrogens with one attached hydrogen (secondary N) is 1. The van der Waals surface area contributed by atoms with Crippen LogP contribution < -0.4 is 14.8 Å². The summed E-state index contributed by atoms with van der Waals surface area (Å²) >= 11 is 16.0. The molecule has 6 heteroatoms. The van der Waals surface area contributed by atoms with Gasteiger partial charge in [0.1, 0.15) is 6.61 Å². The molecule has 0 aliphatic heterocycles. The van der Waals surface area contributed by atoms with E-state index in [-0.39, 0.29) is 12.1 Å². The first-order chi connectivity index (χ1) is 12.3. The van der Waals surface area contributed by atoms with Crippen LogP contribution in [-0.2, 0) is 13.2 Å². The molecule has 0 heterocycles. The van der Waals surface area contributed by atoms with Crippen molar-refractivity contribution in [1.82, 2.24) is 5.32 Å². The van der Waals surface area contributed by atoms with E-state index in [9.17, 15) is 0 Å². The Kier molecular flexibility index (Phi) is 7.65. The Morgan fingerprint density at radius 2 is 1.81 bits per heavy atom. The predicted molar refractivity (Wildman–Crippen MR) is 113 cm³/mol. The standard InChI is InChI=1S/C20H24BrCl2NO2/c1-5-20(2,3)24-11-13-9-15(21)19(18(10-13)25-4)26-12-14-16(22)7-6-8-17(14)23/h6-10,24H,5,11-12H2,1-4H3. The first-order valence-corrected chi connectivity index (χ1v) is 9.99. The lowest BCUT2D eigenvalue weighted by molar-refractivity contribution is 0.282. The first kappa shape index (κ1) is 21.4. The molecule has 0 saturated heterocycles. The molecule has 2 aromatic carbocycles. The summed E-state index contributed by atoms with van der Waals surface area (Å²) in [5.74, 6) is 1.29. The van der Waals surface area contributed by atoms with E-state index in [0.717, 1.165) is 28.6 Å². The highest BCUT2D eigenvalue weighted by Gasteiger charge is 2.17. The summed E-state index contributed by atoms with van der Waals surface area (Å²) in [6.45, 7) is 7.54. The number of ether oxygens (including phenoxy) is 2. The van der Waals surface area contributed by atoms with Crippen LogP contribution in [0.25, 0.3) is 0 Å². The number of hydrogen-bond donors (Lipinski definition) is 1. The van der Waals surface area contributed by atoms with Crippen molar-refractivity contribution in [2.45, 2.75) is 45.9 Å². The SMILES string of the molecule is CCC(C)(C)NCc1cc(Br)c(OCc2c(Cl)cccc2Cl)c(OC)c1. The van der Waals surface area contributed by atoms with Gasteiger partial charge < -0.3 is 14.8 Å². The smallest absolute Gasteiger partial charge is 0.175 e. The van der Waals surface area contributed by atoms with Crippen LogP contribution in [0.1, 0.15) is 38.3 Å². The zero-order chi connectivity index (χ0) is 19.3.